The quantitative estimate of drug-likeness (QED) is 0.349. The molecule has 0 aromatic heterocycles. The molecule has 0 amide bonds. The average molecular weight is 292 g/mol. The summed E-state index contributed by atoms with van der Waals surface area (Å²) in [5.41, 5.74) is 0. The van der Waals surface area contributed by atoms with E-state index in [9.17, 15) is 0 Å². The molecule has 122 valence electrons. The Morgan fingerprint density at radius 1 is 0.750 bits per heavy atom. The van der Waals surface area contributed by atoms with Crippen molar-refractivity contribution in [1.29, 1.82) is 0 Å². The van der Waals surface area contributed by atoms with E-state index in [2.05, 4.69) is 13.8 Å². The van der Waals surface area contributed by atoms with Crippen LogP contribution in [-0.4, -0.2) is 57.6 Å². The lowest BCUT2D eigenvalue weighted by Gasteiger charge is -2.17. The van der Waals surface area contributed by atoms with Gasteiger partial charge in [0.1, 0.15) is 0 Å². The van der Waals surface area contributed by atoms with Crippen LogP contribution >= 0.6 is 0 Å². The summed E-state index contributed by atoms with van der Waals surface area (Å²) in [6.45, 7) is 7.99. The molecule has 0 aromatic carbocycles. The SMILES string of the molecule is CCCCOCCOC(CCO)OCCOCCCC. The first-order chi connectivity index (χ1) is 9.85. The third-order valence-corrected chi connectivity index (χ3v) is 2.71. The van der Waals surface area contributed by atoms with Crippen molar-refractivity contribution in [3.05, 3.63) is 0 Å². The second kappa shape index (κ2) is 16.9. The van der Waals surface area contributed by atoms with Gasteiger partial charge in [-0.05, 0) is 12.8 Å². The zero-order valence-corrected chi connectivity index (χ0v) is 13.1. The predicted octanol–water partition coefficient (Wildman–Crippen LogP) is 2.36. The number of unbranched alkanes of at least 4 members (excludes halogenated alkanes) is 2. The molecular weight excluding hydrogens is 260 g/mol. The molecule has 20 heavy (non-hydrogen) atoms. The minimum absolute atomic E-state index is 0.0536. The zero-order valence-electron chi connectivity index (χ0n) is 13.1. The van der Waals surface area contributed by atoms with Crippen molar-refractivity contribution in [1.82, 2.24) is 0 Å². The highest BCUT2D eigenvalue weighted by molar-refractivity contribution is 4.45. The van der Waals surface area contributed by atoms with Gasteiger partial charge in [-0.25, -0.2) is 0 Å². The van der Waals surface area contributed by atoms with Gasteiger partial charge in [-0.1, -0.05) is 26.7 Å². The number of hydrogen-bond acceptors (Lipinski definition) is 5. The molecule has 0 radical (unpaired) electrons. The van der Waals surface area contributed by atoms with E-state index in [0.717, 1.165) is 38.9 Å². The summed E-state index contributed by atoms with van der Waals surface area (Å²) in [5, 5.41) is 8.96. The number of aliphatic hydroxyl groups excluding tert-OH is 1. The summed E-state index contributed by atoms with van der Waals surface area (Å²) in [4.78, 5) is 0. The summed E-state index contributed by atoms with van der Waals surface area (Å²) >= 11 is 0. The molecule has 0 spiro atoms. The molecule has 0 aromatic rings. The van der Waals surface area contributed by atoms with Gasteiger partial charge in [0.2, 0.25) is 0 Å². The molecule has 0 aliphatic rings. The van der Waals surface area contributed by atoms with E-state index >= 15 is 0 Å². The minimum atomic E-state index is -0.371. The van der Waals surface area contributed by atoms with Crippen molar-refractivity contribution in [3.63, 3.8) is 0 Å². The molecule has 0 aliphatic heterocycles. The van der Waals surface area contributed by atoms with Crippen LogP contribution in [0.4, 0.5) is 0 Å². The van der Waals surface area contributed by atoms with Crippen molar-refractivity contribution < 1.29 is 24.1 Å². The summed E-state index contributed by atoms with van der Waals surface area (Å²) < 4.78 is 21.9. The summed E-state index contributed by atoms with van der Waals surface area (Å²) in [5.74, 6) is 0. The molecule has 5 nitrogen and oxygen atoms in total. The third-order valence-electron chi connectivity index (χ3n) is 2.71. The van der Waals surface area contributed by atoms with Crippen LogP contribution in [0.2, 0.25) is 0 Å². The molecule has 5 heteroatoms. The molecule has 0 saturated carbocycles. The van der Waals surface area contributed by atoms with Gasteiger partial charge in [0, 0.05) is 26.2 Å². The van der Waals surface area contributed by atoms with Gasteiger partial charge in [0.15, 0.2) is 6.29 Å². The van der Waals surface area contributed by atoms with Crippen LogP contribution in [0, 0.1) is 0 Å². The van der Waals surface area contributed by atoms with Crippen LogP contribution in [0.15, 0.2) is 0 Å². The summed E-state index contributed by atoms with van der Waals surface area (Å²) in [6, 6.07) is 0. The van der Waals surface area contributed by atoms with Crippen LogP contribution in [-0.2, 0) is 18.9 Å². The smallest absolute Gasteiger partial charge is 0.159 e. The van der Waals surface area contributed by atoms with Gasteiger partial charge in [0.25, 0.3) is 0 Å². The molecule has 0 bridgehead atoms. The minimum Gasteiger partial charge on any atom is -0.396 e. The maximum absolute atomic E-state index is 8.96. The Morgan fingerprint density at radius 3 is 1.65 bits per heavy atom. The highest BCUT2D eigenvalue weighted by atomic mass is 16.7. The van der Waals surface area contributed by atoms with Gasteiger partial charge in [0.05, 0.1) is 26.4 Å². The number of aliphatic hydroxyl groups is 1. The van der Waals surface area contributed by atoms with Crippen LogP contribution < -0.4 is 0 Å². The zero-order chi connectivity index (χ0) is 14.9. The molecule has 0 aliphatic carbocycles. The van der Waals surface area contributed by atoms with Gasteiger partial charge in [-0.15, -0.1) is 0 Å². The normalized spacial score (nSPS) is 11.4. The lowest BCUT2D eigenvalue weighted by Crippen LogP contribution is -2.23. The topological polar surface area (TPSA) is 57.2 Å². The second-order valence-corrected chi connectivity index (χ2v) is 4.62. The molecular formula is C15H32O5. The Labute approximate surface area is 123 Å². The molecule has 0 fully saturated rings. The van der Waals surface area contributed by atoms with Gasteiger partial charge in [-0.3, -0.25) is 0 Å². The van der Waals surface area contributed by atoms with E-state index in [4.69, 9.17) is 24.1 Å². The highest BCUT2D eigenvalue weighted by Crippen LogP contribution is 2.01. The molecule has 0 saturated heterocycles. The Bertz CT molecular complexity index is 162. The van der Waals surface area contributed by atoms with Crippen LogP contribution in [0.25, 0.3) is 0 Å². The van der Waals surface area contributed by atoms with E-state index < -0.39 is 0 Å². The van der Waals surface area contributed by atoms with Crippen molar-refractivity contribution in [2.75, 3.05) is 46.2 Å². The Kier molecular flexibility index (Phi) is 16.7. The number of ether oxygens (including phenoxy) is 4. The van der Waals surface area contributed by atoms with Gasteiger partial charge >= 0.3 is 0 Å². The molecule has 1 N–H and O–H groups in total. The number of hydrogen-bond donors (Lipinski definition) is 1. The molecule has 0 heterocycles. The fraction of sp³-hybridized carbons (Fsp3) is 1.00. The van der Waals surface area contributed by atoms with Gasteiger partial charge in [-0.2, -0.15) is 0 Å². The fourth-order valence-electron chi connectivity index (χ4n) is 1.49. The first-order valence-electron chi connectivity index (χ1n) is 7.84. The fourth-order valence-corrected chi connectivity index (χ4v) is 1.49. The maximum atomic E-state index is 8.96. The first kappa shape index (κ1) is 19.8. The van der Waals surface area contributed by atoms with Crippen molar-refractivity contribution >= 4 is 0 Å². The second-order valence-electron chi connectivity index (χ2n) is 4.62. The largest absolute Gasteiger partial charge is 0.396 e. The van der Waals surface area contributed by atoms with E-state index in [-0.39, 0.29) is 12.9 Å². The average Bonchev–Trinajstić information content (AvgIpc) is 2.46. The lowest BCUT2D eigenvalue weighted by molar-refractivity contribution is -0.164. The van der Waals surface area contributed by atoms with Crippen molar-refractivity contribution in [2.24, 2.45) is 0 Å². The van der Waals surface area contributed by atoms with Crippen molar-refractivity contribution in [2.45, 2.75) is 52.2 Å². The number of rotatable bonds is 16. The first-order valence-corrected chi connectivity index (χ1v) is 7.84. The summed E-state index contributed by atoms with van der Waals surface area (Å²) in [7, 11) is 0. The van der Waals surface area contributed by atoms with Crippen LogP contribution in [0.3, 0.4) is 0 Å². The van der Waals surface area contributed by atoms with E-state index in [0.29, 0.717) is 32.8 Å². The van der Waals surface area contributed by atoms with Gasteiger partial charge < -0.3 is 24.1 Å². The Morgan fingerprint density at radius 2 is 1.25 bits per heavy atom. The van der Waals surface area contributed by atoms with Crippen LogP contribution in [0.1, 0.15) is 46.0 Å². The Balaban J connectivity index is 3.45. The van der Waals surface area contributed by atoms with E-state index in [1.54, 1.807) is 0 Å². The molecule has 0 atom stereocenters. The third kappa shape index (κ3) is 14.2. The Hall–Kier alpha value is -0.200. The highest BCUT2D eigenvalue weighted by Gasteiger charge is 2.08. The predicted molar refractivity (Wildman–Crippen MR) is 78.8 cm³/mol. The summed E-state index contributed by atoms with van der Waals surface area (Å²) in [6.07, 6.45) is 4.52. The van der Waals surface area contributed by atoms with E-state index in [1.165, 1.54) is 0 Å². The molecule has 0 unspecified atom stereocenters. The maximum Gasteiger partial charge on any atom is 0.159 e. The van der Waals surface area contributed by atoms with E-state index in [1.807, 2.05) is 0 Å². The monoisotopic (exact) mass is 292 g/mol. The standard InChI is InChI=1S/C15H32O5/c1-3-5-9-17-11-13-19-15(7-8-16)20-14-12-18-10-6-4-2/h15-16H,3-14H2,1-2H3. The van der Waals surface area contributed by atoms with Crippen LogP contribution in [0.5, 0.6) is 0 Å². The molecule has 0 rings (SSSR count). The van der Waals surface area contributed by atoms with Crippen molar-refractivity contribution in [3.8, 4) is 0 Å². The lowest BCUT2D eigenvalue weighted by atomic mass is 10.4.